The lowest BCUT2D eigenvalue weighted by Gasteiger charge is -2.23. The zero-order valence-electron chi connectivity index (χ0n) is 9.39. The number of hydrogen-bond acceptors (Lipinski definition) is 2. The average Bonchev–Trinajstić information content (AvgIpc) is 2.24. The first-order valence-corrected chi connectivity index (χ1v) is 5.48. The van der Waals surface area contributed by atoms with Gasteiger partial charge in [0.25, 0.3) is 0 Å². The molecule has 2 nitrogen and oxygen atoms in total. The molecule has 1 rings (SSSR count). The van der Waals surface area contributed by atoms with Crippen LogP contribution in [0, 0.1) is 0 Å². The second-order valence-corrected chi connectivity index (χ2v) is 4.15. The van der Waals surface area contributed by atoms with Crippen molar-refractivity contribution in [3.05, 3.63) is 28.8 Å². The maximum absolute atomic E-state index is 12.1. The van der Waals surface area contributed by atoms with Crippen LogP contribution in [-0.4, -0.2) is 19.8 Å². The van der Waals surface area contributed by atoms with E-state index in [-0.39, 0.29) is 13.1 Å². The molecule has 0 aromatic heterocycles. The second-order valence-electron chi connectivity index (χ2n) is 3.74. The van der Waals surface area contributed by atoms with Gasteiger partial charge in [0.05, 0.1) is 17.1 Å². The lowest BCUT2D eigenvalue weighted by atomic mass is 10.1. The third kappa shape index (κ3) is 4.09. The summed E-state index contributed by atoms with van der Waals surface area (Å²) in [6, 6.07) is 5.12. The summed E-state index contributed by atoms with van der Waals surface area (Å²) in [5, 5.41) is 0.414. The highest BCUT2D eigenvalue weighted by Crippen LogP contribution is 2.30. The number of benzene rings is 1. The molecule has 6 heteroatoms. The summed E-state index contributed by atoms with van der Waals surface area (Å²) in [7, 11) is 1.58. The first-order chi connectivity index (χ1) is 7.85. The minimum Gasteiger partial charge on any atom is -0.373 e. The van der Waals surface area contributed by atoms with E-state index >= 15 is 0 Å². The maximum Gasteiger partial charge on any atom is 0.390 e. The zero-order chi connectivity index (χ0) is 13.1. The van der Waals surface area contributed by atoms with Crippen LogP contribution in [0.4, 0.5) is 18.9 Å². The number of anilines is 1. The molecule has 0 aliphatic heterocycles. The van der Waals surface area contributed by atoms with Crippen molar-refractivity contribution >= 4 is 17.3 Å². The van der Waals surface area contributed by atoms with Crippen LogP contribution in [0.5, 0.6) is 0 Å². The van der Waals surface area contributed by atoms with E-state index in [1.807, 2.05) is 0 Å². The highest BCUT2D eigenvalue weighted by Gasteiger charge is 2.27. The summed E-state index contributed by atoms with van der Waals surface area (Å²) in [5.74, 6) is 0. The van der Waals surface area contributed by atoms with Crippen LogP contribution in [0.2, 0.25) is 5.02 Å². The summed E-state index contributed by atoms with van der Waals surface area (Å²) < 4.78 is 36.4. The van der Waals surface area contributed by atoms with E-state index in [9.17, 15) is 13.2 Å². The van der Waals surface area contributed by atoms with E-state index in [4.69, 9.17) is 17.3 Å². The fourth-order valence-electron chi connectivity index (χ4n) is 1.56. The van der Waals surface area contributed by atoms with Crippen molar-refractivity contribution in [2.45, 2.75) is 19.1 Å². The van der Waals surface area contributed by atoms with E-state index in [1.165, 1.54) is 4.90 Å². The van der Waals surface area contributed by atoms with Crippen LogP contribution in [0.25, 0.3) is 0 Å². The highest BCUT2D eigenvalue weighted by molar-refractivity contribution is 6.33. The lowest BCUT2D eigenvalue weighted by molar-refractivity contribution is -0.132. The minimum atomic E-state index is -4.17. The van der Waals surface area contributed by atoms with Crippen LogP contribution in [0.15, 0.2) is 18.2 Å². The molecule has 0 aliphatic carbocycles. The summed E-state index contributed by atoms with van der Waals surface area (Å²) in [6.07, 6.45) is -5.04. The number of para-hydroxylation sites is 1. The number of hydrogen-bond donors (Lipinski definition) is 1. The Morgan fingerprint density at radius 2 is 2.00 bits per heavy atom. The molecule has 17 heavy (non-hydrogen) atoms. The molecule has 0 unspecified atom stereocenters. The maximum atomic E-state index is 12.1. The molecule has 0 radical (unpaired) electrons. The van der Waals surface area contributed by atoms with Gasteiger partial charge in [-0.3, -0.25) is 0 Å². The van der Waals surface area contributed by atoms with Crippen molar-refractivity contribution in [3.8, 4) is 0 Å². The van der Waals surface area contributed by atoms with Crippen molar-refractivity contribution in [1.82, 2.24) is 0 Å². The second kappa shape index (κ2) is 5.60. The quantitative estimate of drug-likeness (QED) is 0.907. The number of nitrogens with zero attached hydrogens (tertiary/aromatic N) is 1. The van der Waals surface area contributed by atoms with Gasteiger partial charge in [-0.05, 0) is 11.6 Å². The zero-order valence-corrected chi connectivity index (χ0v) is 10.1. The van der Waals surface area contributed by atoms with Gasteiger partial charge in [-0.1, -0.05) is 23.7 Å². The number of rotatable bonds is 4. The topological polar surface area (TPSA) is 29.3 Å². The van der Waals surface area contributed by atoms with E-state index in [2.05, 4.69) is 0 Å². The third-order valence-electron chi connectivity index (χ3n) is 2.40. The van der Waals surface area contributed by atoms with Crippen molar-refractivity contribution in [2.24, 2.45) is 5.73 Å². The van der Waals surface area contributed by atoms with Crippen LogP contribution in [0.3, 0.4) is 0 Å². The molecular weight excluding hydrogens is 253 g/mol. The van der Waals surface area contributed by atoms with Crippen molar-refractivity contribution in [3.63, 3.8) is 0 Å². The Morgan fingerprint density at radius 3 is 2.53 bits per heavy atom. The summed E-state index contributed by atoms with van der Waals surface area (Å²) >= 11 is 5.97. The van der Waals surface area contributed by atoms with E-state index < -0.39 is 12.6 Å². The molecule has 0 fully saturated rings. The molecule has 96 valence electrons. The monoisotopic (exact) mass is 266 g/mol. The van der Waals surface area contributed by atoms with Crippen molar-refractivity contribution in [2.75, 3.05) is 18.5 Å². The summed E-state index contributed by atoms with van der Waals surface area (Å²) in [4.78, 5) is 1.48. The molecule has 1 aromatic rings. The van der Waals surface area contributed by atoms with Crippen molar-refractivity contribution in [1.29, 1.82) is 0 Å². The van der Waals surface area contributed by atoms with Gasteiger partial charge in [0.1, 0.15) is 0 Å². The minimum absolute atomic E-state index is 0.139. The molecular formula is C11H14ClF3N2. The summed E-state index contributed by atoms with van der Waals surface area (Å²) in [6.45, 7) is 0.104. The van der Waals surface area contributed by atoms with Gasteiger partial charge in [-0.2, -0.15) is 13.2 Å². The predicted octanol–water partition coefficient (Wildman–Crippen LogP) is 3.19. The highest BCUT2D eigenvalue weighted by atomic mass is 35.5. The molecule has 0 bridgehead atoms. The smallest absolute Gasteiger partial charge is 0.373 e. The van der Waals surface area contributed by atoms with Crippen LogP contribution in [-0.2, 0) is 6.54 Å². The number of alkyl halides is 3. The van der Waals surface area contributed by atoms with E-state index in [0.717, 1.165) is 5.56 Å². The van der Waals surface area contributed by atoms with Gasteiger partial charge in [0.15, 0.2) is 0 Å². The van der Waals surface area contributed by atoms with Gasteiger partial charge >= 0.3 is 6.18 Å². The summed E-state index contributed by atoms with van der Waals surface area (Å²) in [5.41, 5.74) is 6.84. The Hall–Kier alpha value is -0.940. The molecule has 0 aliphatic rings. The van der Waals surface area contributed by atoms with Gasteiger partial charge < -0.3 is 10.6 Å². The molecule has 0 atom stereocenters. The molecule has 0 amide bonds. The van der Waals surface area contributed by atoms with Crippen LogP contribution < -0.4 is 10.6 Å². The van der Waals surface area contributed by atoms with Gasteiger partial charge in [0, 0.05) is 20.1 Å². The first kappa shape index (κ1) is 14.1. The number of nitrogens with two attached hydrogens (primary N) is 1. The standard InChI is InChI=1S/C11H14ClF3N2/c1-17(6-5-11(13,14)15)10-8(7-16)3-2-4-9(10)12/h2-4H,5-7,16H2,1H3. The van der Waals surface area contributed by atoms with Crippen molar-refractivity contribution < 1.29 is 13.2 Å². The Balaban J connectivity index is 2.84. The largest absolute Gasteiger partial charge is 0.390 e. The Bertz CT molecular complexity index is 379. The Morgan fingerprint density at radius 1 is 1.35 bits per heavy atom. The molecule has 0 saturated heterocycles. The number of halogens is 4. The fourth-order valence-corrected chi connectivity index (χ4v) is 1.90. The molecule has 2 N–H and O–H groups in total. The Labute approximate surface area is 103 Å². The fraction of sp³-hybridized carbons (Fsp3) is 0.455. The van der Waals surface area contributed by atoms with Gasteiger partial charge in [-0.15, -0.1) is 0 Å². The average molecular weight is 267 g/mol. The van der Waals surface area contributed by atoms with Gasteiger partial charge in [-0.25, -0.2) is 0 Å². The predicted molar refractivity (Wildman–Crippen MR) is 63.3 cm³/mol. The normalized spacial score (nSPS) is 11.6. The molecule has 0 heterocycles. The first-order valence-electron chi connectivity index (χ1n) is 5.10. The molecule has 1 aromatic carbocycles. The Kier molecular flexibility index (Phi) is 4.65. The SMILES string of the molecule is CN(CCC(F)(F)F)c1c(Cl)cccc1CN. The molecule has 0 saturated carbocycles. The van der Waals surface area contributed by atoms with Crippen LogP contribution >= 0.6 is 11.6 Å². The third-order valence-corrected chi connectivity index (χ3v) is 2.71. The lowest BCUT2D eigenvalue weighted by Crippen LogP contribution is -2.25. The van der Waals surface area contributed by atoms with E-state index in [0.29, 0.717) is 10.7 Å². The van der Waals surface area contributed by atoms with E-state index in [1.54, 1.807) is 25.2 Å². The van der Waals surface area contributed by atoms with Crippen LogP contribution in [0.1, 0.15) is 12.0 Å². The molecule has 0 spiro atoms. The van der Waals surface area contributed by atoms with Gasteiger partial charge in [0.2, 0.25) is 0 Å².